The van der Waals surface area contributed by atoms with Gasteiger partial charge in [0.1, 0.15) is 6.67 Å². The summed E-state index contributed by atoms with van der Waals surface area (Å²) >= 11 is 0. The fourth-order valence-corrected chi connectivity index (χ4v) is 1.26. The third kappa shape index (κ3) is 3.31. The number of hydrogen-bond donors (Lipinski definition) is 0. The van der Waals surface area contributed by atoms with E-state index < -0.39 is 18.8 Å². The largest absolute Gasteiger partial charge is 0.573 e. The van der Waals surface area contributed by atoms with E-state index in [1.807, 2.05) is 0 Å². The number of rotatable bonds is 3. The zero-order chi connectivity index (χ0) is 13.1. The molecule has 1 heterocycles. The summed E-state index contributed by atoms with van der Waals surface area (Å²) < 4.78 is 52.7. The monoisotopic (exact) mass is 248 g/mol. The van der Waals surface area contributed by atoms with Gasteiger partial charge in [-0.05, 0) is 6.92 Å². The van der Waals surface area contributed by atoms with Gasteiger partial charge in [0.05, 0.1) is 18.2 Å². The standard InChI is InChI=1S/C10H8F4N2O/c1-6-7(4-11)5-16-8(2-3-15)9(6)17-10(12,13)14/h5H,2,4H2,1H3. The van der Waals surface area contributed by atoms with E-state index in [9.17, 15) is 17.6 Å². The summed E-state index contributed by atoms with van der Waals surface area (Å²) in [6, 6.07) is 1.67. The van der Waals surface area contributed by atoms with Gasteiger partial charge in [-0.25, -0.2) is 4.39 Å². The SMILES string of the molecule is Cc1c(CF)cnc(CC#N)c1OC(F)(F)F. The van der Waals surface area contributed by atoms with Crippen LogP contribution < -0.4 is 4.74 Å². The molecule has 3 nitrogen and oxygen atoms in total. The number of hydrogen-bond acceptors (Lipinski definition) is 3. The van der Waals surface area contributed by atoms with E-state index >= 15 is 0 Å². The highest BCUT2D eigenvalue weighted by atomic mass is 19.4. The van der Waals surface area contributed by atoms with E-state index in [2.05, 4.69) is 9.72 Å². The van der Waals surface area contributed by atoms with Crippen molar-refractivity contribution < 1.29 is 22.3 Å². The average molecular weight is 248 g/mol. The summed E-state index contributed by atoms with van der Waals surface area (Å²) in [5, 5.41) is 8.46. The maximum Gasteiger partial charge on any atom is 0.573 e. The van der Waals surface area contributed by atoms with E-state index in [4.69, 9.17) is 5.26 Å². The molecule has 1 aromatic rings. The van der Waals surface area contributed by atoms with Gasteiger partial charge in [0.15, 0.2) is 5.75 Å². The second kappa shape index (κ2) is 4.99. The Morgan fingerprint density at radius 3 is 2.59 bits per heavy atom. The Morgan fingerprint density at radius 1 is 1.47 bits per heavy atom. The number of aromatic nitrogens is 1. The summed E-state index contributed by atoms with van der Waals surface area (Å²) in [5.41, 5.74) is -0.143. The summed E-state index contributed by atoms with van der Waals surface area (Å²) in [5.74, 6) is -0.589. The minimum Gasteiger partial charge on any atom is -0.403 e. The smallest absolute Gasteiger partial charge is 0.403 e. The average Bonchev–Trinajstić information content (AvgIpc) is 2.22. The molecule has 0 aliphatic rings. The first-order valence-electron chi connectivity index (χ1n) is 4.55. The summed E-state index contributed by atoms with van der Waals surface area (Å²) in [6.45, 7) is 0.346. The van der Waals surface area contributed by atoms with Gasteiger partial charge in [-0.2, -0.15) is 5.26 Å². The molecule has 0 bridgehead atoms. The topological polar surface area (TPSA) is 45.9 Å². The van der Waals surface area contributed by atoms with Gasteiger partial charge in [0.2, 0.25) is 0 Å². The van der Waals surface area contributed by atoms with Crippen LogP contribution in [0, 0.1) is 18.3 Å². The normalized spacial score (nSPS) is 11.1. The molecule has 7 heteroatoms. The number of ether oxygens (including phenoxy) is 1. The molecule has 0 saturated heterocycles. The van der Waals surface area contributed by atoms with E-state index in [1.54, 1.807) is 6.07 Å². The molecule has 17 heavy (non-hydrogen) atoms. The van der Waals surface area contributed by atoms with Crippen LogP contribution in [0.25, 0.3) is 0 Å². The van der Waals surface area contributed by atoms with Crippen molar-refractivity contribution in [2.45, 2.75) is 26.4 Å². The van der Waals surface area contributed by atoms with Gasteiger partial charge < -0.3 is 4.74 Å². The Labute approximate surface area is 94.6 Å². The predicted octanol–water partition coefficient (Wildman–Crippen LogP) is 2.82. The van der Waals surface area contributed by atoms with E-state index in [1.165, 1.54) is 6.92 Å². The van der Waals surface area contributed by atoms with Crippen molar-refractivity contribution in [2.24, 2.45) is 0 Å². The molecule has 92 valence electrons. The molecule has 0 spiro atoms. The highest BCUT2D eigenvalue weighted by Crippen LogP contribution is 2.31. The Hall–Kier alpha value is -1.84. The van der Waals surface area contributed by atoms with Crippen molar-refractivity contribution >= 4 is 0 Å². The first-order valence-corrected chi connectivity index (χ1v) is 4.55. The zero-order valence-electron chi connectivity index (χ0n) is 8.81. The molecule has 0 N–H and O–H groups in total. The molecular weight excluding hydrogens is 240 g/mol. The minimum absolute atomic E-state index is 0.00470. The van der Waals surface area contributed by atoms with E-state index in [0.717, 1.165) is 6.20 Å². The van der Waals surface area contributed by atoms with Crippen LogP contribution in [-0.2, 0) is 13.1 Å². The van der Waals surface area contributed by atoms with Gasteiger partial charge in [-0.3, -0.25) is 4.98 Å². The van der Waals surface area contributed by atoms with Crippen LogP contribution in [0.15, 0.2) is 6.20 Å². The third-order valence-corrected chi connectivity index (χ3v) is 2.07. The van der Waals surface area contributed by atoms with Crippen molar-refractivity contribution in [3.05, 3.63) is 23.0 Å². The van der Waals surface area contributed by atoms with Crippen LogP contribution in [0.4, 0.5) is 17.6 Å². The lowest BCUT2D eigenvalue weighted by atomic mass is 10.1. The lowest BCUT2D eigenvalue weighted by molar-refractivity contribution is -0.275. The van der Waals surface area contributed by atoms with Crippen molar-refractivity contribution in [3.63, 3.8) is 0 Å². The van der Waals surface area contributed by atoms with Gasteiger partial charge in [-0.15, -0.1) is 13.2 Å². The van der Waals surface area contributed by atoms with Gasteiger partial charge >= 0.3 is 6.36 Å². The highest BCUT2D eigenvalue weighted by Gasteiger charge is 2.33. The molecule has 0 aromatic carbocycles. The third-order valence-electron chi connectivity index (χ3n) is 2.07. The number of alkyl halides is 4. The molecule has 0 aliphatic carbocycles. The van der Waals surface area contributed by atoms with Crippen LogP contribution >= 0.6 is 0 Å². The van der Waals surface area contributed by atoms with Crippen LogP contribution in [0.5, 0.6) is 5.75 Å². The van der Waals surface area contributed by atoms with Crippen LogP contribution in [0.1, 0.15) is 16.8 Å². The van der Waals surface area contributed by atoms with Crippen LogP contribution in [0.3, 0.4) is 0 Å². The number of nitrogens with zero attached hydrogens (tertiary/aromatic N) is 2. The zero-order valence-corrected chi connectivity index (χ0v) is 8.81. The van der Waals surface area contributed by atoms with Gasteiger partial charge in [-0.1, -0.05) is 0 Å². The number of nitriles is 1. The quantitative estimate of drug-likeness (QED) is 0.772. The minimum atomic E-state index is -4.90. The Kier molecular flexibility index (Phi) is 3.89. The lowest BCUT2D eigenvalue weighted by Crippen LogP contribution is -2.19. The second-order valence-electron chi connectivity index (χ2n) is 3.20. The molecular formula is C10H8F4N2O. The fraction of sp³-hybridized carbons (Fsp3) is 0.400. The van der Waals surface area contributed by atoms with Crippen molar-refractivity contribution in [1.29, 1.82) is 5.26 Å². The number of pyridine rings is 1. The lowest BCUT2D eigenvalue weighted by Gasteiger charge is -2.15. The summed E-state index contributed by atoms with van der Waals surface area (Å²) in [7, 11) is 0. The Bertz CT molecular complexity index is 451. The van der Waals surface area contributed by atoms with Gasteiger partial charge in [0, 0.05) is 17.3 Å². The van der Waals surface area contributed by atoms with Gasteiger partial charge in [0.25, 0.3) is 0 Å². The molecule has 0 aliphatic heterocycles. The van der Waals surface area contributed by atoms with Crippen molar-refractivity contribution in [3.8, 4) is 11.8 Å². The van der Waals surface area contributed by atoms with E-state index in [0.29, 0.717) is 0 Å². The summed E-state index contributed by atoms with van der Waals surface area (Å²) in [6.07, 6.45) is -4.13. The van der Waals surface area contributed by atoms with Crippen molar-refractivity contribution in [2.75, 3.05) is 0 Å². The first-order chi connectivity index (χ1) is 7.89. The van der Waals surface area contributed by atoms with Crippen LogP contribution in [-0.4, -0.2) is 11.3 Å². The Balaban J connectivity index is 3.25. The van der Waals surface area contributed by atoms with Crippen molar-refractivity contribution in [1.82, 2.24) is 4.98 Å². The van der Waals surface area contributed by atoms with Crippen LogP contribution in [0.2, 0.25) is 0 Å². The molecule has 1 aromatic heterocycles. The molecule has 0 radical (unpaired) electrons. The maximum absolute atomic E-state index is 12.5. The Morgan fingerprint density at radius 2 is 2.12 bits per heavy atom. The second-order valence-corrected chi connectivity index (χ2v) is 3.20. The fourth-order valence-electron chi connectivity index (χ4n) is 1.26. The molecule has 1 rings (SSSR count). The first kappa shape index (κ1) is 13.2. The predicted molar refractivity (Wildman–Crippen MR) is 49.8 cm³/mol. The number of halogens is 4. The molecule has 0 saturated carbocycles. The molecule has 0 fully saturated rings. The maximum atomic E-state index is 12.5. The molecule has 0 amide bonds. The molecule has 0 unspecified atom stereocenters. The van der Waals surface area contributed by atoms with E-state index in [-0.39, 0.29) is 23.2 Å². The highest BCUT2D eigenvalue weighted by molar-refractivity contribution is 5.42. The molecule has 0 atom stereocenters. The summed E-state index contributed by atoms with van der Waals surface area (Å²) in [4.78, 5) is 3.60.